The summed E-state index contributed by atoms with van der Waals surface area (Å²) < 4.78 is 15.1. The third-order valence-electron chi connectivity index (χ3n) is 2.70. The zero-order valence-electron chi connectivity index (χ0n) is 10.6. The molecule has 1 aromatic heterocycles. The zero-order chi connectivity index (χ0) is 14.0. The number of nitrogens with zero attached hydrogens (tertiary/aromatic N) is 3. The van der Waals surface area contributed by atoms with Crippen LogP contribution in [0.25, 0.3) is 0 Å². The fourth-order valence-electron chi connectivity index (χ4n) is 1.75. The summed E-state index contributed by atoms with van der Waals surface area (Å²) in [7, 11) is 0. The van der Waals surface area contributed by atoms with Gasteiger partial charge in [-0.15, -0.1) is 0 Å². The summed E-state index contributed by atoms with van der Waals surface area (Å²) in [6.07, 6.45) is 1.58. The van der Waals surface area contributed by atoms with Crippen molar-refractivity contribution in [2.24, 2.45) is 0 Å². The first-order valence-corrected chi connectivity index (χ1v) is 6.65. The second-order valence-corrected chi connectivity index (χ2v) is 5.30. The molecule has 1 heterocycles. The van der Waals surface area contributed by atoms with Gasteiger partial charge in [-0.1, -0.05) is 0 Å². The Bertz CT molecular complexity index is 610. The minimum absolute atomic E-state index is 0.115. The van der Waals surface area contributed by atoms with Crippen LogP contribution in [0.1, 0.15) is 36.1 Å². The van der Waals surface area contributed by atoms with Crippen LogP contribution in [0.2, 0.25) is 0 Å². The number of hydrogen-bond donors (Lipinski definition) is 0. The van der Waals surface area contributed by atoms with Gasteiger partial charge in [0.15, 0.2) is 5.78 Å². The third-order valence-corrected chi connectivity index (χ3v) is 3.30. The van der Waals surface area contributed by atoms with E-state index in [0.717, 1.165) is 0 Å². The van der Waals surface area contributed by atoms with E-state index in [4.69, 9.17) is 0 Å². The van der Waals surface area contributed by atoms with Crippen LogP contribution in [0, 0.1) is 5.82 Å². The maximum absolute atomic E-state index is 13.1. The lowest BCUT2D eigenvalue weighted by molar-refractivity contribution is 0.0989. The molecular formula is C13H13BrFN3O. The van der Waals surface area contributed by atoms with Crippen LogP contribution in [0.4, 0.5) is 4.39 Å². The molecule has 0 bridgehead atoms. The van der Waals surface area contributed by atoms with E-state index in [-0.39, 0.29) is 28.5 Å². The Labute approximate surface area is 118 Å². The molecule has 0 fully saturated rings. The van der Waals surface area contributed by atoms with Crippen LogP contribution >= 0.6 is 15.9 Å². The number of benzene rings is 1. The molecule has 19 heavy (non-hydrogen) atoms. The van der Waals surface area contributed by atoms with E-state index < -0.39 is 0 Å². The number of halogens is 2. The zero-order valence-corrected chi connectivity index (χ0v) is 12.2. The first-order valence-electron chi connectivity index (χ1n) is 5.85. The van der Waals surface area contributed by atoms with E-state index in [9.17, 15) is 9.18 Å². The van der Waals surface area contributed by atoms with Crippen LogP contribution in [0.5, 0.6) is 0 Å². The largest absolute Gasteiger partial charge is 0.294 e. The monoisotopic (exact) mass is 325 g/mol. The highest BCUT2D eigenvalue weighted by Gasteiger charge is 2.14. The molecule has 0 N–H and O–H groups in total. The van der Waals surface area contributed by atoms with Crippen LogP contribution in [-0.4, -0.2) is 20.5 Å². The molecule has 0 amide bonds. The van der Waals surface area contributed by atoms with Crippen molar-refractivity contribution < 1.29 is 9.18 Å². The summed E-state index contributed by atoms with van der Waals surface area (Å²) in [4.78, 5) is 16.2. The summed E-state index contributed by atoms with van der Waals surface area (Å²) in [5.74, 6) is 0.109. The van der Waals surface area contributed by atoms with Gasteiger partial charge in [0, 0.05) is 11.6 Å². The second kappa shape index (κ2) is 5.61. The Morgan fingerprint density at radius 2 is 2.21 bits per heavy atom. The third kappa shape index (κ3) is 3.07. The number of carbonyl (C=O) groups is 1. The Morgan fingerprint density at radius 3 is 2.84 bits per heavy atom. The van der Waals surface area contributed by atoms with Crippen molar-refractivity contribution in [2.45, 2.75) is 26.3 Å². The van der Waals surface area contributed by atoms with Gasteiger partial charge in [-0.2, -0.15) is 5.10 Å². The van der Waals surface area contributed by atoms with Gasteiger partial charge in [-0.3, -0.25) is 4.79 Å². The molecule has 2 rings (SSSR count). The van der Waals surface area contributed by atoms with Crippen LogP contribution in [0.3, 0.4) is 0 Å². The van der Waals surface area contributed by atoms with E-state index in [1.54, 1.807) is 4.68 Å². The molecule has 4 nitrogen and oxygen atoms in total. The number of aromatic nitrogens is 3. The lowest BCUT2D eigenvalue weighted by Gasteiger charge is -2.08. The van der Waals surface area contributed by atoms with Gasteiger partial charge in [0.1, 0.15) is 18.0 Å². The highest BCUT2D eigenvalue weighted by molar-refractivity contribution is 9.10. The van der Waals surface area contributed by atoms with Gasteiger partial charge in [0.2, 0.25) is 0 Å². The summed E-state index contributed by atoms with van der Waals surface area (Å²) in [6, 6.07) is 4.36. The normalized spacial score (nSPS) is 11.0. The van der Waals surface area contributed by atoms with Gasteiger partial charge in [0.25, 0.3) is 0 Å². The molecule has 0 aliphatic heterocycles. The average Bonchev–Trinajstić information content (AvgIpc) is 2.80. The average molecular weight is 326 g/mol. The fourth-order valence-corrected chi connectivity index (χ4v) is 2.13. The van der Waals surface area contributed by atoms with Crippen molar-refractivity contribution in [2.75, 3.05) is 0 Å². The lowest BCUT2D eigenvalue weighted by Crippen LogP contribution is -2.13. The van der Waals surface area contributed by atoms with Crippen LogP contribution < -0.4 is 0 Å². The fraction of sp³-hybridized carbons (Fsp3) is 0.308. The smallest absolute Gasteiger partial charge is 0.170 e. The number of ketones is 1. The predicted molar refractivity (Wildman–Crippen MR) is 72.5 cm³/mol. The summed E-state index contributed by atoms with van der Waals surface area (Å²) in [6.45, 7) is 3.94. The summed E-state index contributed by atoms with van der Waals surface area (Å²) in [5, 5.41) is 4.08. The van der Waals surface area contributed by atoms with Gasteiger partial charge >= 0.3 is 0 Å². The quantitative estimate of drug-likeness (QED) is 0.811. The standard InChI is InChI=1S/C13H13BrFN3O/c1-8(2)18-13(16-7-17-18)6-12(19)9-3-4-11(15)10(14)5-9/h3-5,7-8H,6H2,1-2H3. The minimum Gasteiger partial charge on any atom is -0.294 e. The first kappa shape index (κ1) is 13.9. The van der Waals surface area contributed by atoms with Gasteiger partial charge in [-0.05, 0) is 48.0 Å². The number of carbonyl (C=O) groups excluding carboxylic acids is 1. The van der Waals surface area contributed by atoms with Crippen molar-refractivity contribution in [3.8, 4) is 0 Å². The number of rotatable bonds is 4. The minimum atomic E-state index is -0.387. The van der Waals surface area contributed by atoms with E-state index in [0.29, 0.717) is 11.4 Å². The molecular weight excluding hydrogens is 313 g/mol. The van der Waals surface area contributed by atoms with Crippen molar-refractivity contribution in [1.82, 2.24) is 14.8 Å². The Hall–Kier alpha value is -1.56. The number of Topliss-reactive ketones (excluding diaryl/α,β-unsaturated/α-hetero) is 1. The molecule has 100 valence electrons. The first-order chi connectivity index (χ1) is 8.99. The molecule has 0 aliphatic carbocycles. The number of hydrogen-bond acceptors (Lipinski definition) is 3. The molecule has 2 aromatic rings. The van der Waals surface area contributed by atoms with E-state index in [1.165, 1.54) is 24.5 Å². The van der Waals surface area contributed by atoms with Crippen molar-refractivity contribution >= 4 is 21.7 Å². The maximum atomic E-state index is 13.1. The molecule has 0 atom stereocenters. The molecule has 1 aromatic carbocycles. The highest BCUT2D eigenvalue weighted by Crippen LogP contribution is 2.18. The predicted octanol–water partition coefficient (Wildman–Crippen LogP) is 3.19. The van der Waals surface area contributed by atoms with Crippen LogP contribution in [-0.2, 0) is 6.42 Å². The van der Waals surface area contributed by atoms with Crippen molar-refractivity contribution in [3.05, 3.63) is 46.2 Å². The summed E-state index contributed by atoms with van der Waals surface area (Å²) in [5.41, 5.74) is 0.451. The topological polar surface area (TPSA) is 47.8 Å². The second-order valence-electron chi connectivity index (χ2n) is 4.44. The molecule has 0 radical (unpaired) electrons. The Kier molecular flexibility index (Phi) is 4.09. The summed E-state index contributed by atoms with van der Waals surface area (Å²) >= 11 is 3.07. The molecule has 0 saturated heterocycles. The van der Waals surface area contributed by atoms with Crippen molar-refractivity contribution in [1.29, 1.82) is 0 Å². The van der Waals surface area contributed by atoms with Gasteiger partial charge < -0.3 is 0 Å². The lowest BCUT2D eigenvalue weighted by atomic mass is 10.1. The van der Waals surface area contributed by atoms with E-state index >= 15 is 0 Å². The van der Waals surface area contributed by atoms with Crippen LogP contribution in [0.15, 0.2) is 29.0 Å². The van der Waals surface area contributed by atoms with Gasteiger partial charge in [-0.25, -0.2) is 14.1 Å². The van der Waals surface area contributed by atoms with Crippen molar-refractivity contribution in [3.63, 3.8) is 0 Å². The molecule has 0 spiro atoms. The van der Waals surface area contributed by atoms with E-state index in [2.05, 4.69) is 26.0 Å². The Morgan fingerprint density at radius 1 is 1.47 bits per heavy atom. The molecule has 6 heteroatoms. The van der Waals surface area contributed by atoms with E-state index in [1.807, 2.05) is 13.8 Å². The highest BCUT2D eigenvalue weighted by atomic mass is 79.9. The Balaban J connectivity index is 2.21. The van der Waals surface area contributed by atoms with Gasteiger partial charge in [0.05, 0.1) is 10.9 Å². The molecule has 0 saturated carbocycles. The molecule has 0 aliphatic rings. The maximum Gasteiger partial charge on any atom is 0.170 e. The molecule has 0 unspecified atom stereocenters. The SMILES string of the molecule is CC(C)n1ncnc1CC(=O)c1ccc(F)c(Br)c1.